The summed E-state index contributed by atoms with van der Waals surface area (Å²) in [7, 11) is 0. The molecule has 0 fully saturated rings. The van der Waals surface area contributed by atoms with Crippen LogP contribution < -0.4 is 5.32 Å². The Morgan fingerprint density at radius 1 is 1.08 bits per heavy atom. The number of carbonyl (C=O) groups excluding carboxylic acids is 2. The lowest BCUT2D eigenvalue weighted by atomic mass is 10.1. The van der Waals surface area contributed by atoms with Gasteiger partial charge in [-0.1, -0.05) is 24.3 Å². The number of anilines is 1. The van der Waals surface area contributed by atoms with E-state index in [2.05, 4.69) is 5.32 Å². The van der Waals surface area contributed by atoms with Crippen LogP contribution in [-0.2, 0) is 11.3 Å². The average molecular weight is 346 g/mol. The highest BCUT2D eigenvalue weighted by Crippen LogP contribution is 2.18. The van der Waals surface area contributed by atoms with Gasteiger partial charge in [0.25, 0.3) is 5.91 Å². The number of ether oxygens (including phenoxy) is 1. The molecule has 0 spiro atoms. The van der Waals surface area contributed by atoms with E-state index in [4.69, 9.17) is 14.4 Å². The average Bonchev–Trinajstić information content (AvgIpc) is 3.21. The van der Waals surface area contributed by atoms with Gasteiger partial charge in [0, 0.05) is 0 Å². The quantitative estimate of drug-likeness (QED) is 0.710. The number of nitrogens with one attached hydrogen (secondary N) is 1. The number of carbonyl (C=O) groups is 2. The van der Waals surface area contributed by atoms with Crippen molar-refractivity contribution in [3.05, 3.63) is 89.4 Å². The van der Waals surface area contributed by atoms with Crippen molar-refractivity contribution in [1.82, 2.24) is 0 Å². The summed E-state index contributed by atoms with van der Waals surface area (Å²) in [6, 6.07) is 18.5. The third kappa shape index (κ3) is 3.97. The number of para-hydroxylation sites is 1. The summed E-state index contributed by atoms with van der Waals surface area (Å²) >= 11 is 0. The Bertz CT molecular complexity index is 971. The third-order valence-corrected chi connectivity index (χ3v) is 3.57. The van der Waals surface area contributed by atoms with Crippen molar-refractivity contribution in [3.8, 4) is 6.07 Å². The van der Waals surface area contributed by atoms with E-state index in [-0.39, 0.29) is 17.9 Å². The van der Waals surface area contributed by atoms with Gasteiger partial charge in [-0.05, 0) is 42.0 Å². The van der Waals surface area contributed by atoms with Gasteiger partial charge in [-0.25, -0.2) is 4.79 Å². The van der Waals surface area contributed by atoms with Crippen LogP contribution in [0.3, 0.4) is 0 Å². The Morgan fingerprint density at radius 2 is 1.92 bits per heavy atom. The van der Waals surface area contributed by atoms with Crippen LogP contribution in [0.4, 0.5) is 5.69 Å². The maximum absolute atomic E-state index is 12.4. The van der Waals surface area contributed by atoms with Crippen molar-refractivity contribution >= 4 is 17.6 Å². The monoisotopic (exact) mass is 346 g/mol. The van der Waals surface area contributed by atoms with Crippen LogP contribution in [0, 0.1) is 11.3 Å². The first-order valence-electron chi connectivity index (χ1n) is 7.77. The zero-order chi connectivity index (χ0) is 18.4. The molecular weight excluding hydrogens is 332 g/mol. The second kappa shape index (κ2) is 7.81. The van der Waals surface area contributed by atoms with Crippen molar-refractivity contribution in [2.24, 2.45) is 0 Å². The Balaban J connectivity index is 1.71. The van der Waals surface area contributed by atoms with Gasteiger partial charge in [-0.15, -0.1) is 0 Å². The second-order valence-corrected chi connectivity index (χ2v) is 5.37. The molecule has 3 aromatic rings. The SMILES string of the molecule is N#Cc1cccc(COC(=O)c2ccccc2NC(=O)c2ccco2)c1. The summed E-state index contributed by atoms with van der Waals surface area (Å²) in [4.78, 5) is 24.5. The van der Waals surface area contributed by atoms with Crippen LogP contribution in [0.2, 0.25) is 0 Å². The fourth-order valence-electron chi connectivity index (χ4n) is 2.32. The molecule has 0 radical (unpaired) electrons. The van der Waals surface area contributed by atoms with Gasteiger partial charge in [0.2, 0.25) is 0 Å². The first-order chi connectivity index (χ1) is 12.7. The van der Waals surface area contributed by atoms with E-state index in [0.29, 0.717) is 16.8 Å². The number of nitrogens with zero attached hydrogens (tertiary/aromatic N) is 1. The molecule has 128 valence electrons. The van der Waals surface area contributed by atoms with Gasteiger partial charge >= 0.3 is 5.97 Å². The van der Waals surface area contributed by atoms with Crippen molar-refractivity contribution in [1.29, 1.82) is 5.26 Å². The summed E-state index contributed by atoms with van der Waals surface area (Å²) in [5.74, 6) is -0.902. The van der Waals surface area contributed by atoms with E-state index in [1.807, 2.05) is 6.07 Å². The Hall–Kier alpha value is -3.85. The van der Waals surface area contributed by atoms with Crippen LogP contribution in [0.5, 0.6) is 0 Å². The predicted octanol–water partition coefficient (Wildman–Crippen LogP) is 3.76. The zero-order valence-electron chi connectivity index (χ0n) is 13.6. The number of esters is 1. The third-order valence-electron chi connectivity index (χ3n) is 3.57. The predicted molar refractivity (Wildman–Crippen MR) is 93.4 cm³/mol. The standard InChI is InChI=1S/C20H14N2O4/c21-12-14-5-3-6-15(11-14)13-26-20(24)16-7-1-2-8-17(16)22-19(23)18-9-4-10-25-18/h1-11H,13H2,(H,22,23). The van der Waals surface area contributed by atoms with Crippen LogP contribution in [0.25, 0.3) is 0 Å². The van der Waals surface area contributed by atoms with Gasteiger partial charge < -0.3 is 14.5 Å². The maximum atomic E-state index is 12.4. The van der Waals surface area contributed by atoms with E-state index in [0.717, 1.165) is 0 Å². The summed E-state index contributed by atoms with van der Waals surface area (Å²) in [5.41, 5.74) is 1.74. The first kappa shape index (κ1) is 17.0. The molecule has 1 aromatic heterocycles. The van der Waals surface area contributed by atoms with Crippen LogP contribution in [-0.4, -0.2) is 11.9 Å². The Kier molecular flexibility index (Phi) is 5.11. The molecule has 0 aliphatic carbocycles. The molecule has 0 aliphatic rings. The minimum atomic E-state index is -0.581. The fraction of sp³-hybridized carbons (Fsp3) is 0.0500. The first-order valence-corrected chi connectivity index (χ1v) is 7.77. The van der Waals surface area contributed by atoms with Gasteiger partial charge in [0.1, 0.15) is 6.61 Å². The highest BCUT2D eigenvalue weighted by molar-refractivity contribution is 6.06. The van der Waals surface area contributed by atoms with E-state index in [1.54, 1.807) is 54.6 Å². The highest BCUT2D eigenvalue weighted by Gasteiger charge is 2.16. The molecule has 3 rings (SSSR count). The van der Waals surface area contributed by atoms with E-state index in [1.165, 1.54) is 12.3 Å². The van der Waals surface area contributed by atoms with Crippen molar-refractivity contribution < 1.29 is 18.7 Å². The van der Waals surface area contributed by atoms with Gasteiger partial charge in [0.05, 0.1) is 29.1 Å². The van der Waals surface area contributed by atoms with Crippen LogP contribution >= 0.6 is 0 Å². The molecule has 6 nitrogen and oxygen atoms in total. The molecule has 1 amide bonds. The highest BCUT2D eigenvalue weighted by atomic mass is 16.5. The van der Waals surface area contributed by atoms with Crippen molar-refractivity contribution in [3.63, 3.8) is 0 Å². The Morgan fingerprint density at radius 3 is 2.69 bits per heavy atom. The molecule has 0 saturated carbocycles. The largest absolute Gasteiger partial charge is 0.459 e. The molecule has 0 aliphatic heterocycles. The molecule has 0 atom stereocenters. The normalized spacial score (nSPS) is 9.96. The smallest absolute Gasteiger partial charge is 0.340 e. The van der Waals surface area contributed by atoms with Gasteiger partial charge in [-0.3, -0.25) is 4.79 Å². The Labute approximate surface area is 149 Å². The zero-order valence-corrected chi connectivity index (χ0v) is 13.6. The summed E-state index contributed by atoms with van der Waals surface area (Å²) in [5, 5.41) is 11.5. The number of hydrogen-bond acceptors (Lipinski definition) is 5. The molecule has 6 heteroatoms. The summed E-state index contributed by atoms with van der Waals surface area (Å²) < 4.78 is 10.3. The molecule has 0 saturated heterocycles. The number of hydrogen-bond donors (Lipinski definition) is 1. The van der Waals surface area contributed by atoms with Crippen molar-refractivity contribution in [2.45, 2.75) is 6.61 Å². The molecule has 1 N–H and O–H groups in total. The topological polar surface area (TPSA) is 92.3 Å². The molecule has 0 unspecified atom stereocenters. The maximum Gasteiger partial charge on any atom is 0.340 e. The van der Waals surface area contributed by atoms with Crippen molar-refractivity contribution in [2.75, 3.05) is 5.32 Å². The minimum absolute atomic E-state index is 0.0226. The summed E-state index contributed by atoms with van der Waals surface area (Å²) in [6.07, 6.45) is 1.39. The van der Waals surface area contributed by atoms with Crippen LogP contribution in [0.1, 0.15) is 32.0 Å². The fourth-order valence-corrected chi connectivity index (χ4v) is 2.32. The second-order valence-electron chi connectivity index (χ2n) is 5.37. The number of amides is 1. The lowest BCUT2D eigenvalue weighted by Gasteiger charge is -2.10. The number of rotatable bonds is 5. The minimum Gasteiger partial charge on any atom is -0.459 e. The lowest BCUT2D eigenvalue weighted by molar-refractivity contribution is 0.0474. The number of nitriles is 1. The van der Waals surface area contributed by atoms with Gasteiger partial charge in [-0.2, -0.15) is 5.26 Å². The van der Waals surface area contributed by atoms with E-state index in [9.17, 15) is 9.59 Å². The molecule has 2 aromatic carbocycles. The number of benzene rings is 2. The van der Waals surface area contributed by atoms with Crippen LogP contribution in [0.15, 0.2) is 71.3 Å². The molecule has 0 bridgehead atoms. The molecule has 26 heavy (non-hydrogen) atoms. The van der Waals surface area contributed by atoms with Gasteiger partial charge in [0.15, 0.2) is 5.76 Å². The summed E-state index contributed by atoms with van der Waals surface area (Å²) in [6.45, 7) is 0.0226. The van der Waals surface area contributed by atoms with E-state index < -0.39 is 11.9 Å². The van der Waals surface area contributed by atoms with E-state index >= 15 is 0 Å². The number of furan rings is 1. The molecular formula is C20H14N2O4. The lowest BCUT2D eigenvalue weighted by Crippen LogP contribution is -2.15. The molecule has 1 heterocycles.